The molecule has 3 rings (SSSR count). The predicted octanol–water partition coefficient (Wildman–Crippen LogP) is 3.07. The van der Waals surface area contributed by atoms with Gasteiger partial charge < -0.3 is 10.1 Å². The normalized spacial score (nSPS) is 9.96. The van der Waals surface area contributed by atoms with Crippen LogP contribution in [0.2, 0.25) is 5.15 Å². The quantitative estimate of drug-likeness (QED) is 0.436. The van der Waals surface area contributed by atoms with Gasteiger partial charge in [-0.25, -0.2) is 14.2 Å². The van der Waals surface area contributed by atoms with E-state index in [1.807, 2.05) is 59.3 Å². The minimum atomic E-state index is 0.456. The topological polar surface area (TPSA) is 65.0 Å². The van der Waals surface area contributed by atoms with E-state index < -0.39 is 0 Å². The third-order valence-electron chi connectivity index (χ3n) is 3.39. The summed E-state index contributed by atoms with van der Waals surface area (Å²) < 4.78 is 12.2. The largest absolute Gasteiger partial charge is 0.447 e. The van der Waals surface area contributed by atoms with Gasteiger partial charge in [-0.1, -0.05) is 35.9 Å². The minimum absolute atomic E-state index is 0.456. The van der Waals surface area contributed by atoms with Crippen LogP contribution in [-0.4, -0.2) is 22.0 Å². The predicted molar refractivity (Wildman–Crippen MR) is 99.4 cm³/mol. The van der Waals surface area contributed by atoms with Crippen LogP contribution in [-0.2, 0) is 6.54 Å². The van der Waals surface area contributed by atoms with Crippen LogP contribution in [0.5, 0.6) is 11.5 Å². The first-order valence-corrected chi connectivity index (χ1v) is 8.03. The summed E-state index contributed by atoms with van der Waals surface area (Å²) in [4.78, 5) is 4.10. The number of pyridine rings is 2. The highest BCUT2D eigenvalue weighted by atomic mass is 35.5. The van der Waals surface area contributed by atoms with E-state index in [0.717, 1.165) is 17.5 Å². The molecule has 0 spiro atoms. The van der Waals surface area contributed by atoms with Crippen LogP contribution in [0.15, 0.2) is 67.0 Å². The number of aromatic nitrogens is 2. The molecule has 1 N–H and O–H groups in total. The Labute approximate surface area is 150 Å². The van der Waals surface area contributed by atoms with Crippen LogP contribution in [0.1, 0.15) is 5.56 Å². The second-order valence-electron chi connectivity index (χ2n) is 5.17. The Balaban J connectivity index is 2.03. The van der Waals surface area contributed by atoms with Gasteiger partial charge >= 0.3 is 5.49 Å². The molecule has 124 valence electrons. The zero-order chi connectivity index (χ0) is 17.5. The number of nitrogens with zero attached hydrogens (tertiary/aromatic N) is 3. The number of para-hydroxylation sites is 1. The molecule has 0 radical (unpaired) electrons. The van der Waals surface area contributed by atoms with Crippen molar-refractivity contribution in [1.82, 2.24) is 14.2 Å². The third-order valence-corrected chi connectivity index (χ3v) is 3.61. The van der Waals surface area contributed by atoms with Crippen molar-refractivity contribution >= 4 is 24.0 Å². The van der Waals surface area contributed by atoms with Gasteiger partial charge in [-0.3, -0.25) is 0 Å². The van der Waals surface area contributed by atoms with E-state index in [9.17, 15) is 0 Å². The molecule has 2 aromatic heterocycles. The van der Waals surface area contributed by atoms with Gasteiger partial charge in [0.1, 0.15) is 17.4 Å². The Kier molecular flexibility index (Phi) is 5.42. The molecule has 3 aromatic rings. The van der Waals surface area contributed by atoms with E-state index in [2.05, 4.69) is 9.65 Å². The summed E-state index contributed by atoms with van der Waals surface area (Å²) in [5, 5.41) is 7.67. The molecule has 0 atom stereocenters. The maximum atomic E-state index is 7.21. The van der Waals surface area contributed by atoms with Gasteiger partial charge in [0.05, 0.1) is 12.4 Å². The lowest BCUT2D eigenvalue weighted by molar-refractivity contribution is 0.464. The van der Waals surface area contributed by atoms with E-state index >= 15 is 0 Å². The SMILES string of the molecule is N=CC=[N+]=c1c(Oc2ccccc2)cccn1Cc1ccc(Cl)nc1. The number of halogens is 1. The molecule has 5 nitrogen and oxygen atoms in total. The number of benzene rings is 1. The van der Waals surface area contributed by atoms with Crippen LogP contribution >= 0.6 is 11.6 Å². The van der Waals surface area contributed by atoms with E-state index in [1.165, 1.54) is 6.21 Å². The van der Waals surface area contributed by atoms with Crippen molar-refractivity contribution < 1.29 is 4.74 Å². The minimum Gasteiger partial charge on any atom is -0.447 e. The van der Waals surface area contributed by atoms with Crippen LogP contribution in [0, 0.1) is 5.41 Å². The summed E-state index contributed by atoms with van der Waals surface area (Å²) >= 11 is 5.84. The maximum absolute atomic E-state index is 7.21. The molecule has 0 saturated heterocycles. The Morgan fingerprint density at radius 2 is 1.96 bits per heavy atom. The standard InChI is InChI=1S/C19H16ClN4O/c20-18-9-8-15(13-23-18)14-24-12-4-7-17(19(24)22-11-10-21)25-16-5-2-1-3-6-16/h1-13,21H,14H2/q+1. The maximum Gasteiger partial charge on any atom is 0.417 e. The third kappa shape index (κ3) is 4.44. The average molecular weight is 352 g/mol. The molecule has 0 saturated carbocycles. The smallest absolute Gasteiger partial charge is 0.417 e. The zero-order valence-corrected chi connectivity index (χ0v) is 14.1. The summed E-state index contributed by atoms with van der Waals surface area (Å²) in [6.07, 6.45) is 6.19. The Morgan fingerprint density at radius 1 is 1.12 bits per heavy atom. The first-order chi connectivity index (χ1) is 12.3. The molecule has 25 heavy (non-hydrogen) atoms. The van der Waals surface area contributed by atoms with Crippen molar-refractivity contribution in [2.45, 2.75) is 6.54 Å². The van der Waals surface area contributed by atoms with Crippen LogP contribution in [0.4, 0.5) is 0 Å². The molecule has 0 bridgehead atoms. The zero-order valence-electron chi connectivity index (χ0n) is 13.3. The molecule has 1 aromatic carbocycles. The Bertz CT molecular complexity index is 959. The highest BCUT2D eigenvalue weighted by Gasteiger charge is 2.12. The van der Waals surface area contributed by atoms with E-state index in [1.54, 1.807) is 12.3 Å². The number of ether oxygens (including phenoxy) is 1. The number of hydrogen-bond acceptors (Lipinski definition) is 3. The van der Waals surface area contributed by atoms with Gasteiger partial charge in [0, 0.05) is 11.8 Å². The second kappa shape index (κ2) is 8.11. The lowest BCUT2D eigenvalue weighted by Crippen LogP contribution is -2.25. The fraction of sp³-hybridized carbons (Fsp3) is 0.0526. The van der Waals surface area contributed by atoms with E-state index in [0.29, 0.717) is 22.9 Å². The van der Waals surface area contributed by atoms with Crippen LogP contribution in [0.3, 0.4) is 0 Å². The van der Waals surface area contributed by atoms with Crippen molar-refractivity contribution in [2.75, 3.05) is 0 Å². The van der Waals surface area contributed by atoms with Crippen molar-refractivity contribution in [1.29, 1.82) is 5.41 Å². The van der Waals surface area contributed by atoms with Crippen molar-refractivity contribution in [3.05, 3.63) is 83.2 Å². The van der Waals surface area contributed by atoms with Crippen molar-refractivity contribution in [3.63, 3.8) is 0 Å². The number of rotatable bonds is 5. The monoisotopic (exact) mass is 351 g/mol. The molecule has 0 fully saturated rings. The van der Waals surface area contributed by atoms with E-state index in [-0.39, 0.29) is 0 Å². The molecular weight excluding hydrogens is 336 g/mol. The molecule has 0 aliphatic rings. The molecule has 2 heterocycles. The summed E-state index contributed by atoms with van der Waals surface area (Å²) in [6.45, 7) is 0.556. The molecule has 0 aliphatic heterocycles. The Morgan fingerprint density at radius 3 is 2.68 bits per heavy atom. The summed E-state index contributed by atoms with van der Waals surface area (Å²) in [5.74, 6) is 1.33. The van der Waals surface area contributed by atoms with Gasteiger partial charge in [0.2, 0.25) is 12.0 Å². The molecule has 0 aliphatic carbocycles. The van der Waals surface area contributed by atoms with Gasteiger partial charge in [-0.2, -0.15) is 0 Å². The fourth-order valence-electron chi connectivity index (χ4n) is 2.29. The lowest BCUT2D eigenvalue weighted by atomic mass is 10.3. The average Bonchev–Trinajstić information content (AvgIpc) is 2.64. The molecular formula is C19H16ClN4O+. The van der Waals surface area contributed by atoms with Gasteiger partial charge in [-0.05, 0) is 30.3 Å². The molecule has 0 amide bonds. The summed E-state index contributed by atoms with van der Waals surface area (Å²) in [7, 11) is 0. The van der Waals surface area contributed by atoms with Crippen LogP contribution in [0.25, 0.3) is 0 Å². The Hall–Kier alpha value is -3.14. The highest BCUT2D eigenvalue weighted by molar-refractivity contribution is 6.29. The molecule has 6 heteroatoms. The van der Waals surface area contributed by atoms with Crippen LogP contribution < -0.4 is 14.9 Å². The number of hydrogen-bond donors (Lipinski definition) is 1. The van der Waals surface area contributed by atoms with Gasteiger partial charge in [0.15, 0.2) is 0 Å². The van der Waals surface area contributed by atoms with Crippen molar-refractivity contribution in [3.8, 4) is 11.5 Å². The second-order valence-corrected chi connectivity index (χ2v) is 5.56. The fourth-order valence-corrected chi connectivity index (χ4v) is 2.40. The van der Waals surface area contributed by atoms with Crippen molar-refractivity contribution in [2.24, 2.45) is 0 Å². The lowest BCUT2D eigenvalue weighted by Gasteiger charge is -2.05. The van der Waals surface area contributed by atoms with Gasteiger partial charge in [-0.15, -0.1) is 0 Å². The number of nitrogens with one attached hydrogen (secondary N) is 1. The summed E-state index contributed by atoms with van der Waals surface area (Å²) in [5.41, 5.74) is 1.60. The van der Waals surface area contributed by atoms with Gasteiger partial charge in [0.25, 0.3) is 0 Å². The first-order valence-electron chi connectivity index (χ1n) is 7.65. The molecule has 0 unspecified atom stereocenters. The summed E-state index contributed by atoms with van der Waals surface area (Å²) in [6, 6.07) is 16.9. The first kappa shape index (κ1) is 16.7. The van der Waals surface area contributed by atoms with E-state index in [4.69, 9.17) is 21.7 Å². The highest BCUT2D eigenvalue weighted by Crippen LogP contribution is 2.17.